The van der Waals surface area contributed by atoms with Gasteiger partial charge in [-0.3, -0.25) is 0 Å². The molecule has 1 aromatic heterocycles. The van der Waals surface area contributed by atoms with E-state index in [2.05, 4.69) is 5.10 Å². The number of rotatable bonds is 5. The lowest BCUT2D eigenvalue weighted by atomic mass is 10.1. The Morgan fingerprint density at radius 3 is 2.34 bits per heavy atom. The Morgan fingerprint density at radius 1 is 1.03 bits per heavy atom. The maximum absolute atomic E-state index is 13.6. The van der Waals surface area contributed by atoms with Crippen molar-refractivity contribution in [2.75, 3.05) is 0 Å². The van der Waals surface area contributed by atoms with Crippen LogP contribution in [0.15, 0.2) is 59.5 Å². The predicted molar refractivity (Wildman–Crippen MR) is 96.9 cm³/mol. The van der Waals surface area contributed by atoms with E-state index in [0.29, 0.717) is 11.8 Å². The van der Waals surface area contributed by atoms with E-state index in [9.17, 15) is 26.0 Å². The fourth-order valence-electron chi connectivity index (χ4n) is 2.50. The molecule has 2 aromatic carbocycles. The molecule has 29 heavy (non-hydrogen) atoms. The van der Waals surface area contributed by atoms with Crippen LogP contribution in [0.3, 0.4) is 0 Å². The van der Waals surface area contributed by atoms with Crippen LogP contribution in [0.25, 0.3) is 5.69 Å². The summed E-state index contributed by atoms with van der Waals surface area (Å²) in [6.45, 7) is 3.62. The first-order valence-electron chi connectivity index (χ1n) is 8.45. The maximum atomic E-state index is 13.6. The number of hydrogen-bond donors (Lipinski definition) is 0. The Kier molecular flexibility index (Phi) is 5.40. The third kappa shape index (κ3) is 4.58. The average molecular weight is 428 g/mol. The molecule has 0 spiro atoms. The summed E-state index contributed by atoms with van der Waals surface area (Å²) in [5, 5.41) is 4.24. The minimum Gasteiger partial charge on any atom is -0.358 e. The van der Waals surface area contributed by atoms with Gasteiger partial charge in [-0.25, -0.2) is 4.39 Å². The van der Waals surface area contributed by atoms with Crippen LogP contribution in [0.5, 0.6) is 5.88 Å². The summed E-state index contributed by atoms with van der Waals surface area (Å²) in [6.07, 6.45) is -4.71. The minimum atomic E-state index is -4.71. The fourth-order valence-corrected chi connectivity index (χ4v) is 3.46. The number of alkyl halides is 3. The van der Waals surface area contributed by atoms with Crippen molar-refractivity contribution in [1.29, 1.82) is 0 Å². The second-order valence-electron chi connectivity index (χ2n) is 6.52. The third-order valence-corrected chi connectivity index (χ3v) is 5.21. The first-order chi connectivity index (χ1) is 13.5. The van der Waals surface area contributed by atoms with E-state index in [1.807, 2.05) is 13.8 Å². The molecule has 3 aromatic rings. The van der Waals surface area contributed by atoms with Crippen molar-refractivity contribution in [2.24, 2.45) is 0 Å². The summed E-state index contributed by atoms with van der Waals surface area (Å²) in [5.41, 5.74) is -0.460. The van der Waals surface area contributed by atoms with Gasteiger partial charge in [-0.2, -0.15) is 31.4 Å². The van der Waals surface area contributed by atoms with Gasteiger partial charge in [0.2, 0.25) is 5.88 Å². The van der Waals surface area contributed by atoms with Crippen molar-refractivity contribution in [3.63, 3.8) is 0 Å². The van der Waals surface area contributed by atoms with Gasteiger partial charge in [0.15, 0.2) is 0 Å². The Morgan fingerprint density at radius 2 is 1.72 bits per heavy atom. The van der Waals surface area contributed by atoms with Gasteiger partial charge in [0.1, 0.15) is 10.7 Å². The highest BCUT2D eigenvalue weighted by atomic mass is 32.2. The van der Waals surface area contributed by atoms with Gasteiger partial charge in [-0.15, -0.1) is 0 Å². The van der Waals surface area contributed by atoms with Gasteiger partial charge in [0, 0.05) is 6.07 Å². The first kappa shape index (κ1) is 20.8. The summed E-state index contributed by atoms with van der Waals surface area (Å²) >= 11 is 0. The maximum Gasteiger partial charge on any atom is 0.416 e. The SMILES string of the molecule is CC(C)c1cc(OS(=O)(=O)c2cccc(C(F)(F)F)c2)n(-c2cccc(F)c2)n1. The van der Waals surface area contributed by atoms with Crippen molar-refractivity contribution >= 4 is 10.1 Å². The Balaban J connectivity index is 2.05. The molecular weight excluding hydrogens is 412 g/mol. The normalized spacial score (nSPS) is 12.4. The quantitative estimate of drug-likeness (QED) is 0.428. The molecule has 0 fully saturated rings. The molecule has 5 nitrogen and oxygen atoms in total. The van der Waals surface area contributed by atoms with Crippen LogP contribution in [0, 0.1) is 5.82 Å². The Hall–Kier alpha value is -2.88. The molecular formula is C19H16F4N2O3S. The third-order valence-electron chi connectivity index (χ3n) is 3.99. The lowest BCUT2D eigenvalue weighted by molar-refractivity contribution is -0.137. The summed E-state index contributed by atoms with van der Waals surface area (Å²) in [4.78, 5) is -0.662. The summed E-state index contributed by atoms with van der Waals surface area (Å²) in [5.74, 6) is -0.948. The fraction of sp³-hybridized carbons (Fsp3) is 0.211. The van der Waals surface area contributed by atoms with Crippen LogP contribution in [-0.2, 0) is 16.3 Å². The molecule has 0 atom stereocenters. The Labute approximate surface area is 164 Å². The van der Waals surface area contributed by atoms with Crippen LogP contribution >= 0.6 is 0 Å². The van der Waals surface area contributed by atoms with Gasteiger partial charge < -0.3 is 4.18 Å². The molecule has 0 aliphatic rings. The second-order valence-corrected chi connectivity index (χ2v) is 8.06. The molecule has 0 amide bonds. The van der Waals surface area contributed by atoms with Crippen LogP contribution in [0.1, 0.15) is 31.0 Å². The van der Waals surface area contributed by atoms with Crippen LogP contribution in [-0.4, -0.2) is 18.2 Å². The van der Waals surface area contributed by atoms with Crippen LogP contribution in [0.4, 0.5) is 17.6 Å². The van der Waals surface area contributed by atoms with Crippen molar-refractivity contribution in [3.05, 3.63) is 71.7 Å². The number of halogens is 4. The molecule has 0 saturated heterocycles. The smallest absolute Gasteiger partial charge is 0.358 e. The summed E-state index contributed by atoms with van der Waals surface area (Å²) in [6, 6.07) is 9.79. The lowest BCUT2D eigenvalue weighted by Gasteiger charge is -2.11. The van der Waals surface area contributed by atoms with E-state index < -0.39 is 32.6 Å². The van der Waals surface area contributed by atoms with Gasteiger partial charge in [-0.1, -0.05) is 26.0 Å². The molecule has 154 valence electrons. The van der Waals surface area contributed by atoms with E-state index in [1.165, 1.54) is 24.3 Å². The highest BCUT2D eigenvalue weighted by Crippen LogP contribution is 2.32. The molecule has 0 unspecified atom stereocenters. The van der Waals surface area contributed by atoms with E-state index in [4.69, 9.17) is 4.18 Å². The van der Waals surface area contributed by atoms with Crippen molar-refractivity contribution in [3.8, 4) is 11.6 Å². The summed E-state index contributed by atoms with van der Waals surface area (Å²) < 4.78 is 83.7. The summed E-state index contributed by atoms with van der Waals surface area (Å²) in [7, 11) is -4.60. The van der Waals surface area contributed by atoms with E-state index in [1.54, 1.807) is 0 Å². The standard InChI is InChI=1S/C19H16F4N2O3S/c1-12(2)17-11-18(25(24-17)15-7-4-6-14(20)10-15)28-29(26,27)16-8-3-5-13(9-16)19(21,22)23/h3-12H,1-2H3. The van der Waals surface area contributed by atoms with Gasteiger partial charge in [0.25, 0.3) is 0 Å². The number of benzene rings is 2. The van der Waals surface area contributed by atoms with Gasteiger partial charge in [0.05, 0.1) is 16.9 Å². The number of aromatic nitrogens is 2. The zero-order valence-corrected chi connectivity index (χ0v) is 16.1. The van der Waals surface area contributed by atoms with Gasteiger partial charge in [-0.05, 0) is 42.3 Å². The van der Waals surface area contributed by atoms with Crippen LogP contribution < -0.4 is 4.18 Å². The topological polar surface area (TPSA) is 61.2 Å². The highest BCUT2D eigenvalue weighted by Gasteiger charge is 2.32. The molecule has 10 heteroatoms. The lowest BCUT2D eigenvalue weighted by Crippen LogP contribution is -2.14. The van der Waals surface area contributed by atoms with Crippen molar-refractivity contribution in [2.45, 2.75) is 30.8 Å². The molecule has 3 rings (SSSR count). The number of nitrogens with zero attached hydrogens (tertiary/aromatic N) is 2. The molecule has 0 aliphatic heterocycles. The van der Waals surface area contributed by atoms with Gasteiger partial charge >= 0.3 is 16.3 Å². The molecule has 0 saturated carbocycles. The van der Waals surface area contributed by atoms with Crippen LogP contribution in [0.2, 0.25) is 0 Å². The largest absolute Gasteiger partial charge is 0.416 e. The highest BCUT2D eigenvalue weighted by molar-refractivity contribution is 7.87. The first-order valence-corrected chi connectivity index (χ1v) is 9.86. The molecule has 0 bridgehead atoms. The van der Waals surface area contributed by atoms with E-state index in [0.717, 1.165) is 28.9 Å². The molecule has 1 heterocycles. The zero-order chi connectivity index (χ0) is 21.4. The predicted octanol–water partition coefficient (Wildman–Crippen LogP) is 4.92. The van der Waals surface area contributed by atoms with E-state index in [-0.39, 0.29) is 17.5 Å². The number of hydrogen-bond acceptors (Lipinski definition) is 4. The van der Waals surface area contributed by atoms with Crippen molar-refractivity contribution in [1.82, 2.24) is 9.78 Å². The molecule has 0 N–H and O–H groups in total. The minimum absolute atomic E-state index is 0.108. The molecule has 0 radical (unpaired) electrons. The Bertz CT molecular complexity index is 1140. The zero-order valence-electron chi connectivity index (χ0n) is 15.3. The average Bonchev–Trinajstić information content (AvgIpc) is 3.04. The second kappa shape index (κ2) is 7.51. The monoisotopic (exact) mass is 428 g/mol. The van der Waals surface area contributed by atoms with E-state index >= 15 is 0 Å². The van der Waals surface area contributed by atoms with Crippen molar-refractivity contribution < 1.29 is 30.2 Å². The molecule has 0 aliphatic carbocycles.